The number of sulfonamides is 1. The van der Waals surface area contributed by atoms with Gasteiger partial charge in [-0.25, -0.2) is 18.2 Å². The normalized spacial score (nSPS) is 12.0. The van der Waals surface area contributed by atoms with Crippen molar-refractivity contribution >= 4 is 21.8 Å². The molecule has 11 heteroatoms. The standard InChI is InChI=1S/C13H10F3N3O4S/c14-13(15,16)9-3-6-11(17-7-9)18-19-24(22,23)10-4-1-8(2-5-10)12(20)21/h1-7,19H,(H,17,18)(H,20,21). The lowest BCUT2D eigenvalue weighted by Crippen LogP contribution is -2.30. The highest BCUT2D eigenvalue weighted by Crippen LogP contribution is 2.28. The fraction of sp³-hybridized carbons (Fsp3) is 0.0769. The number of benzene rings is 1. The van der Waals surface area contributed by atoms with E-state index in [2.05, 4.69) is 10.4 Å². The molecule has 0 atom stereocenters. The second kappa shape index (κ2) is 6.45. The van der Waals surface area contributed by atoms with Crippen molar-refractivity contribution in [2.45, 2.75) is 11.1 Å². The number of carboxylic acid groups (broad SMARTS) is 1. The summed E-state index contributed by atoms with van der Waals surface area (Å²) in [6, 6.07) is 6.06. The number of aromatic nitrogens is 1. The van der Waals surface area contributed by atoms with E-state index in [1.165, 1.54) is 0 Å². The van der Waals surface area contributed by atoms with E-state index < -0.39 is 27.7 Å². The minimum atomic E-state index is -4.54. The van der Waals surface area contributed by atoms with E-state index in [1.807, 2.05) is 4.83 Å². The Bertz CT molecular complexity index is 834. The number of carboxylic acids is 1. The van der Waals surface area contributed by atoms with Crippen molar-refractivity contribution in [3.8, 4) is 0 Å². The molecule has 0 aliphatic carbocycles. The van der Waals surface area contributed by atoms with Gasteiger partial charge in [0.2, 0.25) is 0 Å². The molecule has 24 heavy (non-hydrogen) atoms. The van der Waals surface area contributed by atoms with Gasteiger partial charge in [-0.2, -0.15) is 13.2 Å². The summed E-state index contributed by atoms with van der Waals surface area (Å²) in [5, 5.41) is 8.74. The first-order chi connectivity index (χ1) is 11.1. The Morgan fingerprint density at radius 3 is 2.17 bits per heavy atom. The minimum absolute atomic E-state index is 0.0914. The number of halogens is 3. The SMILES string of the molecule is O=C(O)c1ccc(S(=O)(=O)NNc2ccc(C(F)(F)F)cn2)cc1. The van der Waals surface area contributed by atoms with Crippen LogP contribution < -0.4 is 10.3 Å². The van der Waals surface area contributed by atoms with Crippen molar-refractivity contribution < 1.29 is 31.5 Å². The highest BCUT2D eigenvalue weighted by atomic mass is 32.2. The smallest absolute Gasteiger partial charge is 0.417 e. The molecule has 0 saturated heterocycles. The lowest BCUT2D eigenvalue weighted by Gasteiger charge is -2.10. The fourth-order valence-electron chi connectivity index (χ4n) is 1.59. The van der Waals surface area contributed by atoms with Crippen molar-refractivity contribution in [3.05, 3.63) is 53.7 Å². The zero-order chi connectivity index (χ0) is 18.0. The molecule has 1 heterocycles. The van der Waals surface area contributed by atoms with Gasteiger partial charge in [0.1, 0.15) is 5.82 Å². The third-order valence-corrected chi connectivity index (χ3v) is 4.08. The number of alkyl halides is 3. The van der Waals surface area contributed by atoms with Crippen LogP contribution >= 0.6 is 0 Å². The highest BCUT2D eigenvalue weighted by molar-refractivity contribution is 7.89. The number of pyridine rings is 1. The molecule has 0 amide bonds. The number of carbonyl (C=O) groups is 1. The zero-order valence-electron chi connectivity index (χ0n) is 11.7. The molecule has 0 aliphatic rings. The van der Waals surface area contributed by atoms with E-state index in [4.69, 9.17) is 5.11 Å². The first kappa shape index (κ1) is 17.7. The third-order valence-electron chi connectivity index (χ3n) is 2.82. The molecule has 0 fully saturated rings. The lowest BCUT2D eigenvalue weighted by atomic mass is 10.2. The number of hydrazine groups is 1. The summed E-state index contributed by atoms with van der Waals surface area (Å²) >= 11 is 0. The molecule has 128 valence electrons. The van der Waals surface area contributed by atoms with E-state index in [1.54, 1.807) is 0 Å². The van der Waals surface area contributed by atoms with Gasteiger partial charge in [0.15, 0.2) is 0 Å². The zero-order valence-corrected chi connectivity index (χ0v) is 12.5. The molecular weight excluding hydrogens is 351 g/mol. The van der Waals surface area contributed by atoms with Crippen LogP contribution in [0.25, 0.3) is 0 Å². The highest BCUT2D eigenvalue weighted by Gasteiger charge is 2.30. The molecule has 1 aromatic heterocycles. The Labute approximate surface area is 134 Å². The number of anilines is 1. The van der Waals surface area contributed by atoms with Gasteiger partial charge < -0.3 is 5.11 Å². The third kappa shape index (κ3) is 4.20. The maximum Gasteiger partial charge on any atom is 0.417 e. The summed E-state index contributed by atoms with van der Waals surface area (Å²) in [5.74, 6) is -1.35. The van der Waals surface area contributed by atoms with E-state index in [9.17, 15) is 26.4 Å². The monoisotopic (exact) mass is 361 g/mol. The van der Waals surface area contributed by atoms with Crippen molar-refractivity contribution in [2.75, 3.05) is 5.43 Å². The molecule has 0 saturated carbocycles. The first-order valence-corrected chi connectivity index (χ1v) is 7.72. The molecular formula is C13H10F3N3O4S. The van der Waals surface area contributed by atoms with E-state index in [0.29, 0.717) is 6.20 Å². The van der Waals surface area contributed by atoms with Crippen LogP contribution in [-0.2, 0) is 16.2 Å². The minimum Gasteiger partial charge on any atom is -0.478 e. The summed E-state index contributed by atoms with van der Waals surface area (Å²) in [6.07, 6.45) is -3.99. The average Bonchev–Trinajstić information content (AvgIpc) is 2.52. The molecule has 1 aromatic carbocycles. The van der Waals surface area contributed by atoms with Gasteiger partial charge in [0.25, 0.3) is 10.0 Å². The largest absolute Gasteiger partial charge is 0.478 e. The summed E-state index contributed by atoms with van der Waals surface area (Å²) in [7, 11) is -4.06. The molecule has 3 N–H and O–H groups in total. The van der Waals surface area contributed by atoms with Crippen molar-refractivity contribution in [1.82, 2.24) is 9.82 Å². The van der Waals surface area contributed by atoms with Gasteiger partial charge in [-0.15, -0.1) is 4.83 Å². The summed E-state index contributed by atoms with van der Waals surface area (Å²) in [4.78, 5) is 15.8. The van der Waals surface area contributed by atoms with E-state index >= 15 is 0 Å². The Kier molecular flexibility index (Phi) is 4.76. The van der Waals surface area contributed by atoms with Crippen molar-refractivity contribution in [1.29, 1.82) is 0 Å². The molecule has 0 bridgehead atoms. The summed E-state index contributed by atoms with van der Waals surface area (Å²) in [5.41, 5.74) is 1.10. The number of hydrogen-bond donors (Lipinski definition) is 3. The van der Waals surface area contributed by atoms with Crippen molar-refractivity contribution in [3.63, 3.8) is 0 Å². The number of aromatic carboxylic acids is 1. The van der Waals surface area contributed by atoms with Crippen molar-refractivity contribution in [2.24, 2.45) is 0 Å². The van der Waals surface area contributed by atoms with E-state index in [-0.39, 0.29) is 16.3 Å². The molecule has 2 aromatic rings. The van der Waals surface area contributed by atoms with Gasteiger partial charge in [-0.05, 0) is 36.4 Å². The predicted octanol–water partition coefficient (Wildman–Crippen LogP) is 2.10. The number of nitrogens with one attached hydrogen (secondary N) is 2. The van der Waals surface area contributed by atoms with Crippen LogP contribution in [-0.4, -0.2) is 24.5 Å². The van der Waals surface area contributed by atoms with Gasteiger partial charge in [0, 0.05) is 6.20 Å². The summed E-state index contributed by atoms with van der Waals surface area (Å²) < 4.78 is 61.1. The van der Waals surface area contributed by atoms with Gasteiger partial charge in [0.05, 0.1) is 16.0 Å². The lowest BCUT2D eigenvalue weighted by molar-refractivity contribution is -0.137. The summed E-state index contributed by atoms with van der Waals surface area (Å²) in [6.45, 7) is 0. The second-order valence-electron chi connectivity index (χ2n) is 4.49. The molecule has 0 aliphatic heterocycles. The van der Waals surface area contributed by atoms with Gasteiger partial charge >= 0.3 is 12.1 Å². The maximum absolute atomic E-state index is 12.4. The van der Waals surface area contributed by atoms with Crippen LogP contribution in [0.4, 0.5) is 19.0 Å². The molecule has 0 spiro atoms. The van der Waals surface area contributed by atoms with Crippen LogP contribution in [0.1, 0.15) is 15.9 Å². The Balaban J connectivity index is 2.08. The van der Waals surface area contributed by atoms with Crippen LogP contribution in [0.2, 0.25) is 0 Å². The molecule has 7 nitrogen and oxygen atoms in total. The number of nitrogens with zero attached hydrogens (tertiary/aromatic N) is 1. The topological polar surface area (TPSA) is 108 Å². The molecule has 0 unspecified atom stereocenters. The van der Waals surface area contributed by atoms with Crippen LogP contribution in [0.5, 0.6) is 0 Å². The average molecular weight is 361 g/mol. The fourth-order valence-corrected chi connectivity index (χ4v) is 2.44. The Morgan fingerprint density at radius 1 is 1.08 bits per heavy atom. The maximum atomic E-state index is 12.4. The predicted molar refractivity (Wildman–Crippen MR) is 76.6 cm³/mol. The Morgan fingerprint density at radius 2 is 1.71 bits per heavy atom. The first-order valence-electron chi connectivity index (χ1n) is 6.24. The number of rotatable bonds is 5. The van der Waals surface area contributed by atoms with Crippen LogP contribution in [0, 0.1) is 0 Å². The molecule has 2 rings (SSSR count). The molecule has 0 radical (unpaired) electrons. The quantitative estimate of drug-likeness (QED) is 0.704. The van der Waals surface area contributed by atoms with Gasteiger partial charge in [-0.1, -0.05) is 0 Å². The second-order valence-corrected chi connectivity index (χ2v) is 6.17. The number of hydrogen-bond acceptors (Lipinski definition) is 5. The van der Waals surface area contributed by atoms with Gasteiger partial charge in [-0.3, -0.25) is 5.43 Å². The van der Waals surface area contributed by atoms with Crippen LogP contribution in [0.15, 0.2) is 47.5 Å². The van der Waals surface area contributed by atoms with E-state index in [0.717, 1.165) is 36.4 Å². The Hall–Kier alpha value is -2.66. The van der Waals surface area contributed by atoms with Crippen LogP contribution in [0.3, 0.4) is 0 Å².